The first-order chi connectivity index (χ1) is 14.8. The van der Waals surface area contributed by atoms with Gasteiger partial charge in [0.1, 0.15) is 10.8 Å². The normalized spacial score (nSPS) is 19.9. The van der Waals surface area contributed by atoms with Crippen molar-refractivity contribution in [3.05, 3.63) is 39.8 Å². The minimum Gasteiger partial charge on any atom is -0.465 e. The van der Waals surface area contributed by atoms with Gasteiger partial charge in [0, 0.05) is 18.5 Å². The van der Waals surface area contributed by atoms with Crippen molar-refractivity contribution in [2.75, 3.05) is 23.8 Å². The van der Waals surface area contributed by atoms with E-state index < -0.39 is 17.4 Å². The minimum atomic E-state index is -1.74. The number of rotatable bonds is 4. The molecule has 1 unspecified atom stereocenters. The monoisotopic (exact) mass is 441 g/mol. The second kappa shape index (κ2) is 8.00. The summed E-state index contributed by atoms with van der Waals surface area (Å²) in [4.78, 5) is 41.9. The standard InChI is InChI=1S/C23H27N3O4S/c1-5-24-19(27)18-14-8-6-7-9-17(14)31-20(18)25-21(28)23(3)22(29)26(4)15-12-13(2)10-11-16(15)30-23/h10-12H,5-9H2,1-4H3,(H,24,27)(H,25,28). The smallest absolute Gasteiger partial charge is 0.280 e. The summed E-state index contributed by atoms with van der Waals surface area (Å²) in [5.74, 6) is -0.764. The Morgan fingerprint density at radius 3 is 2.74 bits per heavy atom. The van der Waals surface area contributed by atoms with Crippen LogP contribution in [-0.4, -0.2) is 36.9 Å². The Balaban J connectivity index is 1.68. The number of amides is 3. The van der Waals surface area contributed by atoms with Crippen LogP contribution >= 0.6 is 11.3 Å². The van der Waals surface area contributed by atoms with Crippen molar-refractivity contribution < 1.29 is 19.1 Å². The van der Waals surface area contributed by atoms with Crippen LogP contribution in [0.25, 0.3) is 0 Å². The van der Waals surface area contributed by atoms with Crippen LogP contribution in [0, 0.1) is 6.92 Å². The van der Waals surface area contributed by atoms with Gasteiger partial charge in [0.25, 0.3) is 23.3 Å². The Morgan fingerprint density at radius 1 is 1.26 bits per heavy atom. The summed E-state index contributed by atoms with van der Waals surface area (Å²) in [6, 6.07) is 5.50. The zero-order valence-corrected chi connectivity index (χ0v) is 19.1. The number of benzene rings is 1. The summed E-state index contributed by atoms with van der Waals surface area (Å²) in [6.07, 6.45) is 3.79. The van der Waals surface area contributed by atoms with Crippen molar-refractivity contribution >= 4 is 39.7 Å². The van der Waals surface area contributed by atoms with Crippen LogP contribution in [-0.2, 0) is 22.4 Å². The molecule has 164 valence electrons. The summed E-state index contributed by atoms with van der Waals surface area (Å²) < 4.78 is 5.94. The number of nitrogens with one attached hydrogen (secondary N) is 2. The molecule has 1 aliphatic carbocycles. The second-order valence-electron chi connectivity index (χ2n) is 8.20. The Kier molecular flexibility index (Phi) is 5.51. The third kappa shape index (κ3) is 3.59. The summed E-state index contributed by atoms with van der Waals surface area (Å²) in [5, 5.41) is 6.19. The van der Waals surface area contributed by atoms with Gasteiger partial charge in [-0.3, -0.25) is 14.4 Å². The largest absolute Gasteiger partial charge is 0.465 e. The van der Waals surface area contributed by atoms with Crippen LogP contribution in [0.4, 0.5) is 10.7 Å². The molecular formula is C23H27N3O4S. The number of aryl methyl sites for hydroxylation is 2. The molecule has 2 N–H and O–H groups in total. The van der Waals surface area contributed by atoms with Crippen LogP contribution in [0.5, 0.6) is 5.75 Å². The lowest BCUT2D eigenvalue weighted by Crippen LogP contribution is -2.59. The Labute approximate surface area is 185 Å². The molecule has 0 bridgehead atoms. The molecule has 0 saturated carbocycles. The average molecular weight is 442 g/mol. The van der Waals surface area contributed by atoms with Gasteiger partial charge >= 0.3 is 0 Å². The Bertz CT molecular complexity index is 1080. The van der Waals surface area contributed by atoms with Crippen LogP contribution in [0.3, 0.4) is 0 Å². The number of carbonyl (C=O) groups excluding carboxylic acids is 3. The van der Waals surface area contributed by atoms with Crippen LogP contribution < -0.4 is 20.3 Å². The van der Waals surface area contributed by atoms with E-state index in [0.717, 1.165) is 41.7 Å². The fourth-order valence-electron chi connectivity index (χ4n) is 4.18. The van der Waals surface area contributed by atoms with E-state index in [-0.39, 0.29) is 5.91 Å². The van der Waals surface area contributed by atoms with Crippen molar-refractivity contribution in [2.24, 2.45) is 0 Å². The number of fused-ring (bicyclic) bond motifs is 2. The quantitative estimate of drug-likeness (QED) is 0.712. The first kappa shape index (κ1) is 21.4. The van der Waals surface area contributed by atoms with Gasteiger partial charge in [0.15, 0.2) is 0 Å². The second-order valence-corrected chi connectivity index (χ2v) is 9.30. The number of anilines is 2. The van der Waals surface area contributed by atoms with Crippen molar-refractivity contribution in [2.45, 2.75) is 52.1 Å². The minimum absolute atomic E-state index is 0.198. The van der Waals surface area contributed by atoms with E-state index in [1.165, 1.54) is 23.2 Å². The number of ether oxygens (including phenoxy) is 1. The fraction of sp³-hybridized carbons (Fsp3) is 0.435. The average Bonchev–Trinajstić information content (AvgIpc) is 3.11. The Hall–Kier alpha value is -2.87. The summed E-state index contributed by atoms with van der Waals surface area (Å²) in [7, 11) is 1.64. The SMILES string of the molecule is CCNC(=O)c1c(NC(=O)C2(C)Oc3ccc(C)cc3N(C)C2=O)sc2c1CCCC2. The van der Waals surface area contributed by atoms with Gasteiger partial charge < -0.3 is 20.3 Å². The molecule has 3 amide bonds. The van der Waals surface area contributed by atoms with E-state index in [4.69, 9.17) is 4.74 Å². The molecule has 0 saturated heterocycles. The van der Waals surface area contributed by atoms with Crippen molar-refractivity contribution in [1.82, 2.24) is 5.32 Å². The molecule has 2 aromatic rings. The van der Waals surface area contributed by atoms with Crippen LogP contribution in [0.1, 0.15) is 53.1 Å². The highest BCUT2D eigenvalue weighted by atomic mass is 32.1. The summed E-state index contributed by atoms with van der Waals surface area (Å²) in [6.45, 7) is 5.76. The third-order valence-corrected chi connectivity index (χ3v) is 7.11. The van der Waals surface area contributed by atoms with Crippen molar-refractivity contribution in [1.29, 1.82) is 0 Å². The molecule has 2 aliphatic rings. The molecule has 4 rings (SSSR count). The van der Waals surface area contributed by atoms with E-state index in [9.17, 15) is 14.4 Å². The highest BCUT2D eigenvalue weighted by Gasteiger charge is 2.50. The third-order valence-electron chi connectivity index (χ3n) is 5.90. The maximum atomic E-state index is 13.4. The van der Waals surface area contributed by atoms with Gasteiger partial charge in [-0.2, -0.15) is 0 Å². The van der Waals surface area contributed by atoms with Gasteiger partial charge in [0.2, 0.25) is 0 Å². The number of likely N-dealkylation sites (N-methyl/N-ethyl adjacent to an activating group) is 1. The lowest BCUT2D eigenvalue weighted by molar-refractivity contribution is -0.144. The molecule has 2 heterocycles. The molecule has 0 fully saturated rings. The maximum Gasteiger partial charge on any atom is 0.280 e. The predicted molar refractivity (Wildman–Crippen MR) is 121 cm³/mol. The summed E-state index contributed by atoms with van der Waals surface area (Å²) in [5.41, 5.74) is 1.42. The van der Waals surface area contributed by atoms with E-state index in [0.29, 0.717) is 28.5 Å². The van der Waals surface area contributed by atoms with Gasteiger partial charge in [-0.15, -0.1) is 11.3 Å². The highest BCUT2D eigenvalue weighted by molar-refractivity contribution is 7.17. The fourth-order valence-corrected chi connectivity index (χ4v) is 5.46. The van der Waals surface area contributed by atoms with E-state index in [1.54, 1.807) is 13.1 Å². The molecule has 31 heavy (non-hydrogen) atoms. The van der Waals surface area contributed by atoms with Gasteiger partial charge in [-0.25, -0.2) is 0 Å². The topological polar surface area (TPSA) is 87.7 Å². The molecule has 0 radical (unpaired) electrons. The molecule has 7 nitrogen and oxygen atoms in total. The van der Waals surface area contributed by atoms with Gasteiger partial charge in [-0.05, 0) is 69.7 Å². The van der Waals surface area contributed by atoms with E-state index in [2.05, 4.69) is 10.6 Å². The first-order valence-electron chi connectivity index (χ1n) is 10.6. The first-order valence-corrected chi connectivity index (χ1v) is 11.4. The van der Waals surface area contributed by atoms with E-state index in [1.807, 2.05) is 26.0 Å². The van der Waals surface area contributed by atoms with Crippen molar-refractivity contribution in [3.63, 3.8) is 0 Å². The molecule has 1 aromatic carbocycles. The number of hydrogen-bond acceptors (Lipinski definition) is 5. The molecule has 8 heteroatoms. The molecule has 1 aliphatic heterocycles. The number of carbonyl (C=O) groups is 3. The van der Waals surface area contributed by atoms with E-state index >= 15 is 0 Å². The molecule has 1 aromatic heterocycles. The molecular weight excluding hydrogens is 414 g/mol. The molecule has 1 atom stereocenters. The number of nitrogens with zero attached hydrogens (tertiary/aromatic N) is 1. The zero-order chi connectivity index (χ0) is 22.3. The Morgan fingerprint density at radius 2 is 2.00 bits per heavy atom. The zero-order valence-electron chi connectivity index (χ0n) is 18.3. The molecule has 0 spiro atoms. The van der Waals surface area contributed by atoms with Gasteiger partial charge in [-0.1, -0.05) is 6.07 Å². The maximum absolute atomic E-state index is 13.4. The van der Waals surface area contributed by atoms with Gasteiger partial charge in [0.05, 0.1) is 11.3 Å². The lowest BCUT2D eigenvalue weighted by atomic mass is 9.95. The lowest BCUT2D eigenvalue weighted by Gasteiger charge is -2.38. The predicted octanol–water partition coefficient (Wildman–Crippen LogP) is 3.44. The van der Waals surface area contributed by atoms with Crippen LogP contribution in [0.2, 0.25) is 0 Å². The number of thiophene rings is 1. The highest BCUT2D eigenvalue weighted by Crippen LogP contribution is 2.41. The number of hydrogen-bond donors (Lipinski definition) is 2. The van der Waals surface area contributed by atoms with Crippen LogP contribution in [0.15, 0.2) is 18.2 Å². The van der Waals surface area contributed by atoms with Crippen molar-refractivity contribution in [3.8, 4) is 5.75 Å². The summed E-state index contributed by atoms with van der Waals surface area (Å²) >= 11 is 1.42.